The summed E-state index contributed by atoms with van der Waals surface area (Å²) in [5, 5.41) is 12.4. The van der Waals surface area contributed by atoms with Crippen LogP contribution >= 0.6 is 0 Å². The average Bonchev–Trinajstić information content (AvgIpc) is 2.60. The molecule has 2 N–H and O–H groups in total. The van der Waals surface area contributed by atoms with Crippen LogP contribution in [0.3, 0.4) is 0 Å². The molecule has 1 aromatic carbocycles. The van der Waals surface area contributed by atoms with Crippen LogP contribution in [0.15, 0.2) is 30.3 Å². The topological polar surface area (TPSA) is 78.9 Å². The van der Waals surface area contributed by atoms with Crippen LogP contribution in [0.1, 0.15) is 13.8 Å². The summed E-state index contributed by atoms with van der Waals surface area (Å²) in [6, 6.07) is 8.55. The molecule has 0 bridgehead atoms. The van der Waals surface area contributed by atoms with E-state index in [-0.39, 0.29) is 19.1 Å². The van der Waals surface area contributed by atoms with Gasteiger partial charge in [-0.2, -0.15) is 0 Å². The quantitative estimate of drug-likeness (QED) is 0.779. The van der Waals surface area contributed by atoms with Crippen molar-refractivity contribution in [1.29, 1.82) is 0 Å². The van der Waals surface area contributed by atoms with Gasteiger partial charge in [0.05, 0.1) is 6.54 Å². The summed E-state index contributed by atoms with van der Waals surface area (Å²) in [4.78, 5) is 24.6. The predicted octanol–water partition coefficient (Wildman–Crippen LogP) is 0.757. The van der Waals surface area contributed by atoms with Crippen molar-refractivity contribution in [3.05, 3.63) is 30.3 Å². The highest BCUT2D eigenvalue weighted by Gasteiger charge is 2.44. The lowest BCUT2D eigenvalue weighted by Gasteiger charge is -2.19. The van der Waals surface area contributed by atoms with Gasteiger partial charge in [0.1, 0.15) is 24.0 Å². The first-order valence-electron chi connectivity index (χ1n) is 6.40. The molecule has 1 aromatic rings. The van der Waals surface area contributed by atoms with Gasteiger partial charge in [-0.3, -0.25) is 9.69 Å². The lowest BCUT2D eigenvalue weighted by atomic mass is 10.1. The van der Waals surface area contributed by atoms with Crippen molar-refractivity contribution in [2.45, 2.75) is 25.5 Å². The van der Waals surface area contributed by atoms with Gasteiger partial charge in [-0.25, -0.2) is 4.79 Å². The van der Waals surface area contributed by atoms with E-state index in [1.54, 1.807) is 26.0 Å². The zero-order chi connectivity index (χ0) is 14.8. The number of benzene rings is 1. The summed E-state index contributed by atoms with van der Waals surface area (Å²) >= 11 is 0. The number of β-amino-alcohol motifs (C(OH)–C–C–N with tert-alkyl or cyclic N) is 1. The first-order chi connectivity index (χ1) is 9.40. The van der Waals surface area contributed by atoms with Crippen LogP contribution in [0.4, 0.5) is 4.79 Å². The molecule has 108 valence electrons. The Kier molecular flexibility index (Phi) is 3.94. The van der Waals surface area contributed by atoms with Crippen molar-refractivity contribution in [3.63, 3.8) is 0 Å². The number of amides is 3. The van der Waals surface area contributed by atoms with Gasteiger partial charge in [-0.15, -0.1) is 0 Å². The molecule has 6 heteroatoms. The first-order valence-corrected chi connectivity index (χ1v) is 6.40. The number of carbonyl (C=O) groups excluding carboxylic acids is 2. The van der Waals surface area contributed by atoms with Crippen LogP contribution in [-0.4, -0.2) is 46.7 Å². The van der Waals surface area contributed by atoms with E-state index < -0.39 is 17.7 Å². The molecule has 3 amide bonds. The minimum atomic E-state index is -0.932. The largest absolute Gasteiger partial charge is 0.491 e. The molecular weight excluding hydrogens is 260 g/mol. The Morgan fingerprint density at radius 3 is 2.50 bits per heavy atom. The number of nitrogens with zero attached hydrogens (tertiary/aromatic N) is 1. The molecule has 6 nitrogen and oxygen atoms in total. The Bertz CT molecular complexity index is 501. The summed E-state index contributed by atoms with van der Waals surface area (Å²) in [5.74, 6) is 0.283. The maximum Gasteiger partial charge on any atom is 0.325 e. The smallest absolute Gasteiger partial charge is 0.325 e. The van der Waals surface area contributed by atoms with Gasteiger partial charge in [0.15, 0.2) is 0 Å². The number of carbonyl (C=O) groups is 2. The molecule has 2 rings (SSSR count). The van der Waals surface area contributed by atoms with E-state index in [9.17, 15) is 14.7 Å². The van der Waals surface area contributed by atoms with Crippen LogP contribution < -0.4 is 10.1 Å². The summed E-state index contributed by atoms with van der Waals surface area (Å²) in [6.07, 6.45) is -0.932. The summed E-state index contributed by atoms with van der Waals surface area (Å²) in [5.41, 5.74) is -0.920. The Hall–Kier alpha value is -2.08. The summed E-state index contributed by atoms with van der Waals surface area (Å²) in [6.45, 7) is 3.18. The van der Waals surface area contributed by atoms with Gasteiger partial charge in [-0.1, -0.05) is 18.2 Å². The third-order valence-corrected chi connectivity index (χ3v) is 3.02. The van der Waals surface area contributed by atoms with Gasteiger partial charge in [-0.05, 0) is 26.0 Å². The maximum atomic E-state index is 11.9. The third-order valence-electron chi connectivity index (χ3n) is 3.02. The Labute approximate surface area is 117 Å². The second-order valence-electron chi connectivity index (χ2n) is 5.25. The lowest BCUT2D eigenvalue weighted by Crippen LogP contribution is -2.42. The molecule has 1 saturated heterocycles. The lowest BCUT2D eigenvalue weighted by molar-refractivity contribution is -0.131. The molecule has 0 spiro atoms. The Morgan fingerprint density at radius 1 is 1.30 bits per heavy atom. The van der Waals surface area contributed by atoms with Crippen LogP contribution in [0.5, 0.6) is 5.75 Å². The van der Waals surface area contributed by atoms with Crippen LogP contribution in [0, 0.1) is 0 Å². The minimum Gasteiger partial charge on any atom is -0.491 e. The average molecular weight is 278 g/mol. The second kappa shape index (κ2) is 5.50. The van der Waals surface area contributed by atoms with Gasteiger partial charge >= 0.3 is 6.03 Å². The Morgan fingerprint density at radius 2 is 1.95 bits per heavy atom. The summed E-state index contributed by atoms with van der Waals surface area (Å²) < 4.78 is 5.38. The molecule has 1 heterocycles. The number of hydrogen-bond donors (Lipinski definition) is 2. The number of para-hydroxylation sites is 1. The predicted molar refractivity (Wildman–Crippen MR) is 72.3 cm³/mol. The van der Waals surface area contributed by atoms with Crippen molar-refractivity contribution in [2.24, 2.45) is 0 Å². The maximum absolute atomic E-state index is 11.9. The van der Waals surface area contributed by atoms with E-state index in [4.69, 9.17) is 4.74 Å². The highest BCUT2D eigenvalue weighted by molar-refractivity contribution is 6.06. The number of aliphatic hydroxyl groups is 1. The third kappa shape index (κ3) is 3.08. The van der Waals surface area contributed by atoms with Gasteiger partial charge < -0.3 is 15.2 Å². The fourth-order valence-corrected chi connectivity index (χ4v) is 1.96. The molecule has 0 saturated carbocycles. The van der Waals surface area contributed by atoms with Crippen molar-refractivity contribution >= 4 is 11.9 Å². The normalized spacial score (nSPS) is 18.9. The number of hydrogen-bond acceptors (Lipinski definition) is 4. The fraction of sp³-hybridized carbons (Fsp3) is 0.429. The molecule has 0 aromatic heterocycles. The molecule has 1 aliphatic heterocycles. The monoisotopic (exact) mass is 278 g/mol. The van der Waals surface area contributed by atoms with Crippen molar-refractivity contribution in [3.8, 4) is 5.75 Å². The number of ether oxygens (including phenoxy) is 1. The van der Waals surface area contributed by atoms with Crippen LogP contribution in [0.25, 0.3) is 0 Å². The van der Waals surface area contributed by atoms with Crippen molar-refractivity contribution in [1.82, 2.24) is 10.2 Å². The molecule has 20 heavy (non-hydrogen) atoms. The van der Waals surface area contributed by atoms with E-state index in [1.165, 1.54) is 0 Å². The second-order valence-corrected chi connectivity index (χ2v) is 5.25. The molecular formula is C14H18N2O4. The van der Waals surface area contributed by atoms with E-state index in [2.05, 4.69) is 5.32 Å². The molecule has 1 atom stereocenters. The minimum absolute atomic E-state index is 0.0154. The number of aliphatic hydroxyl groups excluding tert-OH is 1. The standard InChI is InChI=1S/C14H18N2O4/c1-14(2)12(18)16(13(19)15-14)8-10(17)9-20-11-6-4-3-5-7-11/h3-7,10,17H,8-9H2,1-2H3,(H,15,19)/t10-/m0/s1. The number of nitrogens with one attached hydrogen (secondary N) is 1. The molecule has 1 aliphatic rings. The molecule has 0 aliphatic carbocycles. The highest BCUT2D eigenvalue weighted by atomic mass is 16.5. The van der Waals surface area contributed by atoms with E-state index in [1.807, 2.05) is 18.2 Å². The zero-order valence-electron chi connectivity index (χ0n) is 11.5. The SMILES string of the molecule is CC1(C)NC(=O)N(C[C@H](O)COc2ccccc2)C1=O. The fourth-order valence-electron chi connectivity index (χ4n) is 1.96. The molecule has 0 unspecified atom stereocenters. The summed E-state index contributed by atoms with van der Waals surface area (Å²) in [7, 11) is 0. The molecule has 0 radical (unpaired) electrons. The van der Waals surface area contributed by atoms with E-state index in [0.29, 0.717) is 5.75 Å². The molecule has 1 fully saturated rings. The van der Waals surface area contributed by atoms with Crippen LogP contribution in [-0.2, 0) is 4.79 Å². The van der Waals surface area contributed by atoms with E-state index >= 15 is 0 Å². The highest BCUT2D eigenvalue weighted by Crippen LogP contribution is 2.17. The number of imide groups is 1. The number of urea groups is 1. The zero-order valence-corrected chi connectivity index (χ0v) is 11.5. The number of rotatable bonds is 5. The van der Waals surface area contributed by atoms with Gasteiger partial charge in [0.2, 0.25) is 0 Å². The van der Waals surface area contributed by atoms with Crippen LogP contribution in [0.2, 0.25) is 0 Å². The Balaban J connectivity index is 1.87. The van der Waals surface area contributed by atoms with Crippen molar-refractivity contribution in [2.75, 3.05) is 13.2 Å². The first kappa shape index (κ1) is 14.3. The van der Waals surface area contributed by atoms with Gasteiger partial charge in [0, 0.05) is 0 Å². The van der Waals surface area contributed by atoms with Gasteiger partial charge in [0.25, 0.3) is 5.91 Å². The van der Waals surface area contributed by atoms with Crippen molar-refractivity contribution < 1.29 is 19.4 Å². The van der Waals surface area contributed by atoms with E-state index in [0.717, 1.165) is 4.90 Å².